The van der Waals surface area contributed by atoms with Gasteiger partial charge in [-0.15, -0.1) is 11.8 Å². The molecule has 1 saturated heterocycles. The predicted octanol–water partition coefficient (Wildman–Crippen LogP) is 0.754. The Morgan fingerprint density at radius 1 is 1.33 bits per heavy atom. The van der Waals surface area contributed by atoms with Gasteiger partial charge < -0.3 is 9.64 Å². The number of rotatable bonds is 2. The van der Waals surface area contributed by atoms with Crippen molar-refractivity contribution >= 4 is 11.8 Å². The highest BCUT2D eigenvalue weighted by Gasteiger charge is 2.13. The van der Waals surface area contributed by atoms with Crippen molar-refractivity contribution in [2.24, 2.45) is 0 Å². The molecule has 0 aromatic carbocycles. The lowest BCUT2D eigenvalue weighted by Crippen LogP contribution is -2.41. The summed E-state index contributed by atoms with van der Waals surface area (Å²) in [6.45, 7) is 5.01. The van der Waals surface area contributed by atoms with Crippen molar-refractivity contribution in [2.45, 2.75) is 0 Å². The summed E-state index contributed by atoms with van der Waals surface area (Å²) in [6, 6.07) is 0. The second-order valence-electron chi connectivity index (χ2n) is 3.04. The average molecular weight is 186 g/mol. The fourth-order valence-corrected chi connectivity index (χ4v) is 2.10. The van der Waals surface area contributed by atoms with Crippen LogP contribution in [0, 0.1) is 0 Å². The van der Waals surface area contributed by atoms with Gasteiger partial charge in [-0.05, 0) is 5.41 Å². The largest absolute Gasteiger partial charge is 0.379 e. The molecule has 3 nitrogen and oxygen atoms in total. The van der Waals surface area contributed by atoms with Crippen molar-refractivity contribution in [2.75, 3.05) is 38.8 Å². The summed E-state index contributed by atoms with van der Waals surface area (Å²) in [6.07, 6.45) is 2.17. The molecular formula is C8H14N2OS. The molecule has 0 bridgehead atoms. The number of hydrogen-bond acceptors (Lipinski definition) is 4. The smallest absolute Gasteiger partial charge is 0.0711 e. The van der Waals surface area contributed by atoms with E-state index < -0.39 is 0 Å². The van der Waals surface area contributed by atoms with Gasteiger partial charge in [-0.2, -0.15) is 0 Å². The van der Waals surface area contributed by atoms with E-state index in [1.54, 1.807) is 0 Å². The molecule has 1 fully saturated rings. The zero-order valence-electron chi connectivity index (χ0n) is 7.11. The van der Waals surface area contributed by atoms with Crippen molar-refractivity contribution in [3.8, 4) is 0 Å². The van der Waals surface area contributed by atoms with Gasteiger partial charge >= 0.3 is 0 Å². The highest BCUT2D eigenvalue weighted by atomic mass is 32.2. The molecule has 2 aliphatic rings. The molecular weight excluding hydrogens is 172 g/mol. The Balaban J connectivity index is 1.73. The average Bonchev–Trinajstić information content (AvgIpc) is 2.59. The van der Waals surface area contributed by atoms with Gasteiger partial charge in [-0.25, -0.2) is 0 Å². The standard InChI is InChI=1S/C8H14N2OS/c1-4-11-5-2-9(1)7-10-3-6-12-8-10/h3,6H,1-2,4-5,7-8H2. The van der Waals surface area contributed by atoms with Gasteiger partial charge in [-0.1, -0.05) is 0 Å². The van der Waals surface area contributed by atoms with Crippen LogP contribution in [0.25, 0.3) is 0 Å². The first kappa shape index (κ1) is 8.41. The van der Waals surface area contributed by atoms with Crippen LogP contribution in [0.15, 0.2) is 11.6 Å². The summed E-state index contributed by atoms with van der Waals surface area (Å²) in [5, 5.41) is 2.15. The molecule has 2 aliphatic heterocycles. The molecule has 0 spiro atoms. The molecule has 0 aromatic heterocycles. The fraction of sp³-hybridized carbons (Fsp3) is 0.750. The predicted molar refractivity (Wildman–Crippen MR) is 50.7 cm³/mol. The molecule has 2 rings (SSSR count). The summed E-state index contributed by atoms with van der Waals surface area (Å²) in [5.74, 6) is 1.11. The Labute approximate surface area is 77.3 Å². The molecule has 12 heavy (non-hydrogen) atoms. The maximum absolute atomic E-state index is 5.28. The van der Waals surface area contributed by atoms with Crippen LogP contribution in [-0.2, 0) is 4.74 Å². The highest BCUT2D eigenvalue weighted by molar-refractivity contribution is 8.02. The molecule has 0 amide bonds. The third kappa shape index (κ3) is 2.15. The molecule has 2 heterocycles. The molecule has 0 aliphatic carbocycles. The minimum absolute atomic E-state index is 0.894. The quantitative estimate of drug-likeness (QED) is 0.632. The highest BCUT2D eigenvalue weighted by Crippen LogP contribution is 2.15. The number of hydrogen-bond donors (Lipinski definition) is 0. The van der Waals surface area contributed by atoms with Gasteiger partial charge in [-0.3, -0.25) is 4.90 Å². The van der Waals surface area contributed by atoms with E-state index in [1.807, 2.05) is 11.8 Å². The molecule has 68 valence electrons. The van der Waals surface area contributed by atoms with E-state index in [0.29, 0.717) is 0 Å². The maximum Gasteiger partial charge on any atom is 0.0711 e. The zero-order valence-corrected chi connectivity index (χ0v) is 7.92. The van der Waals surface area contributed by atoms with Crippen LogP contribution < -0.4 is 0 Å². The van der Waals surface area contributed by atoms with E-state index in [0.717, 1.165) is 38.8 Å². The van der Waals surface area contributed by atoms with Crippen LogP contribution in [0.4, 0.5) is 0 Å². The number of thioether (sulfide) groups is 1. The van der Waals surface area contributed by atoms with Crippen LogP contribution >= 0.6 is 11.8 Å². The summed E-state index contributed by atoms with van der Waals surface area (Å²) in [4.78, 5) is 4.76. The summed E-state index contributed by atoms with van der Waals surface area (Å²) in [7, 11) is 0. The van der Waals surface area contributed by atoms with Gasteiger partial charge in [0.1, 0.15) is 0 Å². The molecule has 0 N–H and O–H groups in total. The lowest BCUT2D eigenvalue weighted by Gasteiger charge is -2.30. The van der Waals surface area contributed by atoms with Crippen molar-refractivity contribution in [1.29, 1.82) is 0 Å². The summed E-state index contributed by atoms with van der Waals surface area (Å²) >= 11 is 1.86. The van der Waals surface area contributed by atoms with Crippen molar-refractivity contribution in [3.05, 3.63) is 11.6 Å². The Morgan fingerprint density at radius 3 is 2.83 bits per heavy atom. The van der Waals surface area contributed by atoms with Crippen LogP contribution in [0.2, 0.25) is 0 Å². The second kappa shape index (κ2) is 4.16. The minimum Gasteiger partial charge on any atom is -0.379 e. The third-order valence-corrected chi connectivity index (χ3v) is 2.89. The monoisotopic (exact) mass is 186 g/mol. The Bertz CT molecular complexity index is 168. The van der Waals surface area contributed by atoms with Crippen LogP contribution in [-0.4, -0.2) is 48.6 Å². The molecule has 0 atom stereocenters. The Kier molecular flexibility index (Phi) is 2.92. The summed E-state index contributed by atoms with van der Waals surface area (Å²) < 4.78 is 5.28. The van der Waals surface area contributed by atoms with Gasteiger partial charge in [0, 0.05) is 19.3 Å². The van der Waals surface area contributed by atoms with Crippen molar-refractivity contribution in [1.82, 2.24) is 9.80 Å². The van der Waals surface area contributed by atoms with Crippen LogP contribution in [0.5, 0.6) is 0 Å². The van der Waals surface area contributed by atoms with E-state index in [2.05, 4.69) is 21.4 Å². The topological polar surface area (TPSA) is 15.7 Å². The summed E-state index contributed by atoms with van der Waals surface area (Å²) in [5.41, 5.74) is 0. The Morgan fingerprint density at radius 2 is 2.17 bits per heavy atom. The van der Waals surface area contributed by atoms with E-state index in [4.69, 9.17) is 4.74 Å². The first-order valence-electron chi connectivity index (χ1n) is 4.27. The first-order valence-corrected chi connectivity index (χ1v) is 5.32. The molecule has 0 radical (unpaired) electrons. The number of ether oxygens (including phenoxy) is 1. The molecule has 0 unspecified atom stereocenters. The van der Waals surface area contributed by atoms with Crippen LogP contribution in [0.1, 0.15) is 0 Å². The van der Waals surface area contributed by atoms with Crippen LogP contribution in [0.3, 0.4) is 0 Å². The van der Waals surface area contributed by atoms with Crippen molar-refractivity contribution in [3.63, 3.8) is 0 Å². The Hall–Kier alpha value is -0.190. The number of nitrogens with zero attached hydrogens (tertiary/aromatic N) is 2. The lowest BCUT2D eigenvalue weighted by atomic mass is 10.4. The van der Waals surface area contributed by atoms with Crippen molar-refractivity contribution < 1.29 is 4.74 Å². The fourth-order valence-electron chi connectivity index (χ4n) is 1.40. The molecule has 0 aromatic rings. The normalized spacial score (nSPS) is 25.2. The molecule has 4 heteroatoms. The van der Waals surface area contributed by atoms with Gasteiger partial charge in [0.2, 0.25) is 0 Å². The van der Waals surface area contributed by atoms with Gasteiger partial charge in [0.25, 0.3) is 0 Å². The minimum atomic E-state index is 0.894. The van der Waals surface area contributed by atoms with E-state index in [-0.39, 0.29) is 0 Å². The van der Waals surface area contributed by atoms with E-state index >= 15 is 0 Å². The lowest BCUT2D eigenvalue weighted by molar-refractivity contribution is 0.0212. The molecule has 0 saturated carbocycles. The SMILES string of the molecule is C1=CN(CN2CCOCC2)CS1. The maximum atomic E-state index is 5.28. The van der Waals surface area contributed by atoms with E-state index in [1.165, 1.54) is 0 Å². The van der Waals surface area contributed by atoms with Gasteiger partial charge in [0.05, 0.1) is 25.8 Å². The number of morpholine rings is 1. The van der Waals surface area contributed by atoms with E-state index in [9.17, 15) is 0 Å². The second-order valence-corrected chi connectivity index (χ2v) is 3.91. The third-order valence-electron chi connectivity index (χ3n) is 2.09. The zero-order chi connectivity index (χ0) is 8.23. The first-order chi connectivity index (χ1) is 5.95. The van der Waals surface area contributed by atoms with Gasteiger partial charge in [0.15, 0.2) is 0 Å².